The number of hydrogen-bond donors (Lipinski definition) is 5. The molecule has 2 aromatic rings. The monoisotopic (exact) mass is 513 g/mol. The highest BCUT2D eigenvalue weighted by atomic mass is 19.4. The van der Waals surface area contributed by atoms with E-state index in [1.165, 1.54) is 24.4 Å². The Morgan fingerprint density at radius 3 is 2.47 bits per heavy atom. The van der Waals surface area contributed by atoms with E-state index in [4.69, 9.17) is 4.74 Å². The van der Waals surface area contributed by atoms with Crippen LogP contribution in [0.4, 0.5) is 23.2 Å². The first-order valence-electron chi connectivity index (χ1n) is 11.5. The number of nitrogens with zero attached hydrogens (tertiary/aromatic N) is 1. The number of aliphatic hydroxyl groups excluding tert-OH is 2. The fraction of sp³-hybridized carbons (Fsp3) is 0.500. The zero-order chi connectivity index (χ0) is 26.1. The smallest absolute Gasteiger partial charge is 0.411 e. The largest absolute Gasteiger partial charge is 0.508 e. The Kier molecular flexibility index (Phi) is 7.13. The summed E-state index contributed by atoms with van der Waals surface area (Å²) in [6, 6.07) is 4.92. The van der Waals surface area contributed by atoms with E-state index >= 15 is 0 Å². The zero-order valence-corrected chi connectivity index (χ0v) is 19.2. The summed E-state index contributed by atoms with van der Waals surface area (Å²) in [7, 11) is 0. The molecule has 1 aliphatic carbocycles. The number of halogens is 4. The number of phenolic OH excluding ortho intramolecular Hbond substituents is 1. The Balaban J connectivity index is 1.43. The topological polar surface area (TPSA) is 124 Å². The number of aliphatic hydroxyl groups is 2. The molecule has 1 aliphatic heterocycles. The lowest BCUT2D eigenvalue weighted by molar-refractivity contribution is -0.163. The molecule has 1 aromatic carbocycles. The van der Waals surface area contributed by atoms with Crippen LogP contribution in [0, 0.1) is 5.82 Å². The van der Waals surface area contributed by atoms with Crippen LogP contribution in [0.15, 0.2) is 30.5 Å². The summed E-state index contributed by atoms with van der Waals surface area (Å²) >= 11 is 0. The second-order valence-corrected chi connectivity index (χ2v) is 9.34. The number of benzene rings is 1. The maximum Gasteiger partial charge on any atom is 0.411 e. The van der Waals surface area contributed by atoms with Crippen molar-refractivity contribution >= 4 is 11.6 Å². The summed E-state index contributed by atoms with van der Waals surface area (Å²) in [4.78, 5) is 16.1. The molecule has 1 unspecified atom stereocenters. The summed E-state index contributed by atoms with van der Waals surface area (Å²) in [6.45, 7) is 0.458. The molecule has 1 aromatic heterocycles. The summed E-state index contributed by atoms with van der Waals surface area (Å²) in [6.07, 6.45) is -4.57. The Hall–Kier alpha value is -2.96. The van der Waals surface area contributed by atoms with Crippen molar-refractivity contribution in [1.82, 2.24) is 10.3 Å². The van der Waals surface area contributed by atoms with Gasteiger partial charge in [-0.3, -0.25) is 9.78 Å². The molecule has 0 bridgehead atoms. The van der Waals surface area contributed by atoms with E-state index in [1.807, 2.05) is 5.32 Å². The highest BCUT2D eigenvalue weighted by molar-refractivity contribution is 5.94. The first-order valence-corrected chi connectivity index (χ1v) is 11.5. The van der Waals surface area contributed by atoms with E-state index in [0.717, 1.165) is 6.07 Å². The number of ether oxygens (including phenoxy) is 1. The van der Waals surface area contributed by atoms with Crippen LogP contribution in [0.3, 0.4) is 0 Å². The van der Waals surface area contributed by atoms with Gasteiger partial charge in [0.1, 0.15) is 29.0 Å². The van der Waals surface area contributed by atoms with Crippen LogP contribution in [0.5, 0.6) is 5.75 Å². The third kappa shape index (κ3) is 5.25. The predicted molar refractivity (Wildman–Crippen MR) is 120 cm³/mol. The summed E-state index contributed by atoms with van der Waals surface area (Å²) < 4.78 is 59.6. The molecule has 8 nitrogen and oxygen atoms in total. The quantitative estimate of drug-likeness (QED) is 0.272. The molecule has 5 N–H and O–H groups in total. The Labute approximate surface area is 204 Å². The van der Waals surface area contributed by atoms with Crippen LogP contribution >= 0.6 is 0 Å². The van der Waals surface area contributed by atoms with Gasteiger partial charge in [0, 0.05) is 42.5 Å². The Bertz CT molecular complexity index is 1120. The number of aromatic hydroxyl groups is 1. The summed E-state index contributed by atoms with van der Waals surface area (Å²) in [5.41, 5.74) is -2.88. The molecule has 2 fully saturated rings. The van der Waals surface area contributed by atoms with E-state index in [2.05, 4.69) is 10.3 Å². The van der Waals surface area contributed by atoms with Gasteiger partial charge in [0.05, 0.1) is 6.61 Å². The minimum atomic E-state index is -4.57. The predicted octanol–water partition coefficient (Wildman–Crippen LogP) is 2.76. The molecule has 1 saturated heterocycles. The molecule has 1 saturated carbocycles. The first-order chi connectivity index (χ1) is 17.0. The van der Waals surface area contributed by atoms with Crippen molar-refractivity contribution in [3.05, 3.63) is 53.1 Å². The number of alkyl halides is 3. The van der Waals surface area contributed by atoms with E-state index in [-0.39, 0.29) is 54.1 Å². The zero-order valence-electron chi connectivity index (χ0n) is 19.2. The van der Waals surface area contributed by atoms with Crippen molar-refractivity contribution in [2.24, 2.45) is 0 Å². The number of anilines is 1. The van der Waals surface area contributed by atoms with Gasteiger partial charge in [-0.2, -0.15) is 13.2 Å². The number of carbonyl (C=O) groups excluding carboxylic acids is 1. The summed E-state index contributed by atoms with van der Waals surface area (Å²) in [5.74, 6) is -1.89. The highest BCUT2D eigenvalue weighted by Gasteiger charge is 2.64. The molecule has 2 aliphatic rings. The number of carbonyl (C=O) groups is 1. The minimum Gasteiger partial charge on any atom is -0.508 e. The van der Waals surface area contributed by atoms with Crippen LogP contribution < -0.4 is 10.6 Å². The second kappa shape index (κ2) is 9.83. The van der Waals surface area contributed by atoms with Crippen LogP contribution in [0.25, 0.3) is 0 Å². The average Bonchev–Trinajstić information content (AvgIpc) is 3.62. The van der Waals surface area contributed by atoms with Gasteiger partial charge in [-0.05, 0) is 55.5 Å². The fourth-order valence-electron chi connectivity index (χ4n) is 4.44. The van der Waals surface area contributed by atoms with E-state index in [0.29, 0.717) is 26.1 Å². The third-order valence-corrected chi connectivity index (χ3v) is 6.87. The van der Waals surface area contributed by atoms with Gasteiger partial charge in [-0.25, -0.2) is 4.39 Å². The number of nitrogens with one attached hydrogen (secondary N) is 2. The molecule has 1 atom stereocenters. The van der Waals surface area contributed by atoms with Crippen molar-refractivity contribution in [3.8, 4) is 5.75 Å². The average molecular weight is 513 g/mol. The maximum atomic E-state index is 14.9. The van der Waals surface area contributed by atoms with Crippen molar-refractivity contribution < 1.29 is 42.4 Å². The molecule has 2 heterocycles. The van der Waals surface area contributed by atoms with Crippen LogP contribution in [-0.2, 0) is 16.6 Å². The Morgan fingerprint density at radius 1 is 1.17 bits per heavy atom. The van der Waals surface area contributed by atoms with Gasteiger partial charge in [-0.15, -0.1) is 0 Å². The van der Waals surface area contributed by atoms with Gasteiger partial charge in [0.2, 0.25) is 0 Å². The van der Waals surface area contributed by atoms with Crippen LogP contribution in [0.1, 0.15) is 47.3 Å². The van der Waals surface area contributed by atoms with Crippen LogP contribution in [0.2, 0.25) is 0 Å². The van der Waals surface area contributed by atoms with E-state index < -0.39 is 35.1 Å². The molecule has 0 radical (unpaired) electrons. The number of phenols is 1. The number of rotatable bonds is 8. The van der Waals surface area contributed by atoms with E-state index in [9.17, 15) is 37.7 Å². The lowest BCUT2D eigenvalue weighted by Crippen LogP contribution is -2.48. The molecule has 4 rings (SSSR count). The third-order valence-electron chi connectivity index (χ3n) is 6.87. The van der Waals surface area contributed by atoms with Crippen molar-refractivity contribution in [2.45, 2.75) is 55.5 Å². The second-order valence-electron chi connectivity index (χ2n) is 9.34. The van der Waals surface area contributed by atoms with Crippen molar-refractivity contribution in [3.63, 3.8) is 0 Å². The van der Waals surface area contributed by atoms with Crippen LogP contribution in [-0.4, -0.2) is 64.0 Å². The van der Waals surface area contributed by atoms with Gasteiger partial charge in [-0.1, -0.05) is 0 Å². The number of pyridine rings is 1. The SMILES string of the molecule is O=C(NC1(C(F)(F)F)CC1)c1cc(NC(O)Cc2cc(O)c(C3(CO)CCOCC3)cc2F)ccn1. The van der Waals surface area contributed by atoms with Gasteiger partial charge >= 0.3 is 6.18 Å². The molecule has 12 heteroatoms. The first kappa shape index (κ1) is 26.1. The van der Waals surface area contributed by atoms with Crippen molar-refractivity contribution in [2.75, 3.05) is 25.1 Å². The molecule has 196 valence electrons. The van der Waals surface area contributed by atoms with Gasteiger partial charge in [0.25, 0.3) is 5.91 Å². The highest BCUT2D eigenvalue weighted by Crippen LogP contribution is 2.49. The van der Waals surface area contributed by atoms with Crippen molar-refractivity contribution in [1.29, 1.82) is 0 Å². The Morgan fingerprint density at radius 2 is 1.86 bits per heavy atom. The molecular formula is C24H27F4N3O5. The van der Waals surface area contributed by atoms with Gasteiger partial charge in [0.15, 0.2) is 0 Å². The van der Waals surface area contributed by atoms with Gasteiger partial charge < -0.3 is 30.7 Å². The molecule has 0 spiro atoms. The standard InChI is InChI=1S/C24H27F4N3O5/c25-17-12-16(22(13-32)4-7-36-8-5-22)19(33)9-14(17)10-20(34)30-15-1-6-29-18(11-15)21(35)31-23(2-3-23)24(26,27)28/h1,6,9,11-12,20,32-34H,2-5,7-8,10,13H2,(H,29,30)(H,31,35). The molecular weight excluding hydrogens is 486 g/mol. The lowest BCUT2D eigenvalue weighted by atomic mass is 9.74. The number of aromatic nitrogens is 1. The fourth-order valence-corrected chi connectivity index (χ4v) is 4.44. The lowest BCUT2D eigenvalue weighted by Gasteiger charge is -2.36. The van der Waals surface area contributed by atoms with E-state index in [1.54, 1.807) is 0 Å². The maximum absolute atomic E-state index is 14.9. The molecule has 1 amide bonds. The number of hydrogen-bond acceptors (Lipinski definition) is 7. The normalized spacial score (nSPS) is 19.4. The minimum absolute atomic E-state index is 0.00396. The molecule has 36 heavy (non-hydrogen) atoms. The number of amides is 1. The summed E-state index contributed by atoms with van der Waals surface area (Å²) in [5, 5.41) is 35.6.